The molecule has 0 atom stereocenters. The minimum Gasteiger partial charge on any atom is -0.354 e. The van der Waals surface area contributed by atoms with Crippen molar-refractivity contribution in [1.82, 2.24) is 10.3 Å². The molecule has 1 fully saturated rings. The van der Waals surface area contributed by atoms with Gasteiger partial charge >= 0.3 is 0 Å². The molecule has 1 aromatic rings. The van der Waals surface area contributed by atoms with E-state index in [1.54, 1.807) is 0 Å². The van der Waals surface area contributed by atoms with Crippen LogP contribution < -0.4 is 10.2 Å². The molecule has 0 saturated carbocycles. The third kappa shape index (κ3) is 4.38. The van der Waals surface area contributed by atoms with E-state index >= 15 is 0 Å². The van der Waals surface area contributed by atoms with Gasteiger partial charge in [0.25, 0.3) is 0 Å². The summed E-state index contributed by atoms with van der Waals surface area (Å²) in [7, 11) is 0. The largest absolute Gasteiger partial charge is 0.354 e. The molecule has 1 saturated heterocycles. The van der Waals surface area contributed by atoms with Crippen molar-refractivity contribution in [2.24, 2.45) is 0 Å². The summed E-state index contributed by atoms with van der Waals surface area (Å²) in [6.07, 6.45) is 1.18. The first-order chi connectivity index (χ1) is 9.50. The molecule has 0 radical (unpaired) electrons. The zero-order valence-corrected chi connectivity index (χ0v) is 14.0. The van der Waals surface area contributed by atoms with Crippen molar-refractivity contribution in [2.45, 2.75) is 45.4 Å². The Labute approximate surface area is 127 Å². The predicted molar refractivity (Wildman–Crippen MR) is 89.7 cm³/mol. The zero-order chi connectivity index (χ0) is 14.6. The van der Waals surface area contributed by atoms with Crippen LogP contribution in [0.1, 0.15) is 38.4 Å². The van der Waals surface area contributed by atoms with Crippen molar-refractivity contribution in [2.75, 3.05) is 30.3 Å². The number of nitrogens with one attached hydrogen (secondary N) is 1. The summed E-state index contributed by atoms with van der Waals surface area (Å²) in [6, 6.07) is 4.44. The fraction of sp³-hybridized carbons (Fsp3) is 0.688. The Bertz CT molecular complexity index is 445. The molecule has 0 spiro atoms. The third-order valence-corrected chi connectivity index (χ3v) is 4.80. The Kier molecular flexibility index (Phi) is 5.33. The van der Waals surface area contributed by atoms with Gasteiger partial charge in [0.1, 0.15) is 5.82 Å². The lowest BCUT2D eigenvalue weighted by atomic mass is 10.1. The van der Waals surface area contributed by atoms with E-state index in [1.807, 2.05) is 0 Å². The van der Waals surface area contributed by atoms with Gasteiger partial charge in [-0.1, -0.05) is 6.92 Å². The first-order valence-electron chi connectivity index (χ1n) is 7.57. The van der Waals surface area contributed by atoms with Crippen molar-refractivity contribution in [3.63, 3.8) is 0 Å². The highest BCUT2D eigenvalue weighted by Crippen LogP contribution is 2.31. The number of pyridine rings is 1. The number of hydrogen-bond donors (Lipinski definition) is 1. The van der Waals surface area contributed by atoms with Crippen LogP contribution in [0.25, 0.3) is 0 Å². The molecular formula is C16H27N3S. The van der Waals surface area contributed by atoms with E-state index in [0.717, 1.165) is 37.7 Å². The fourth-order valence-corrected chi connectivity index (χ4v) is 3.72. The molecule has 3 nitrogen and oxygen atoms in total. The topological polar surface area (TPSA) is 28.2 Å². The summed E-state index contributed by atoms with van der Waals surface area (Å²) in [6.45, 7) is 13.1. The highest BCUT2D eigenvalue weighted by Gasteiger charge is 2.27. The summed E-state index contributed by atoms with van der Waals surface area (Å²) in [5.41, 5.74) is 2.46. The maximum atomic E-state index is 4.74. The molecule has 1 aliphatic rings. The van der Waals surface area contributed by atoms with Gasteiger partial charge in [0.15, 0.2) is 0 Å². The average Bonchev–Trinajstić information content (AvgIpc) is 2.37. The van der Waals surface area contributed by atoms with Crippen molar-refractivity contribution in [3.05, 3.63) is 23.4 Å². The Morgan fingerprint density at radius 1 is 1.40 bits per heavy atom. The van der Waals surface area contributed by atoms with E-state index in [9.17, 15) is 0 Å². The Balaban J connectivity index is 2.10. The number of thioether (sulfide) groups is 1. The van der Waals surface area contributed by atoms with Gasteiger partial charge in [0.2, 0.25) is 0 Å². The van der Waals surface area contributed by atoms with Gasteiger partial charge in [-0.3, -0.25) is 0 Å². The Hall–Kier alpha value is -0.740. The van der Waals surface area contributed by atoms with Crippen LogP contribution in [-0.2, 0) is 6.54 Å². The van der Waals surface area contributed by atoms with Crippen LogP contribution in [0.5, 0.6) is 0 Å². The van der Waals surface area contributed by atoms with Crippen LogP contribution in [0.4, 0.5) is 5.82 Å². The molecule has 2 rings (SSSR count). The monoisotopic (exact) mass is 293 g/mol. The lowest BCUT2D eigenvalue weighted by Gasteiger charge is -2.38. The molecule has 112 valence electrons. The normalized spacial score (nSPS) is 18.3. The smallest absolute Gasteiger partial charge is 0.129 e. The van der Waals surface area contributed by atoms with Crippen LogP contribution >= 0.6 is 11.8 Å². The number of anilines is 1. The Morgan fingerprint density at radius 3 is 2.90 bits per heavy atom. The van der Waals surface area contributed by atoms with E-state index < -0.39 is 0 Å². The number of nitrogens with zero attached hydrogens (tertiary/aromatic N) is 2. The van der Waals surface area contributed by atoms with E-state index in [4.69, 9.17) is 4.98 Å². The van der Waals surface area contributed by atoms with Crippen molar-refractivity contribution in [3.8, 4) is 0 Å². The van der Waals surface area contributed by atoms with Crippen molar-refractivity contribution in [1.29, 1.82) is 0 Å². The summed E-state index contributed by atoms with van der Waals surface area (Å²) in [4.78, 5) is 7.18. The average molecular weight is 293 g/mol. The quantitative estimate of drug-likeness (QED) is 0.844. The maximum absolute atomic E-state index is 4.74. The Morgan fingerprint density at radius 2 is 2.20 bits per heavy atom. The van der Waals surface area contributed by atoms with Gasteiger partial charge in [-0.2, -0.15) is 11.8 Å². The number of rotatable bonds is 5. The van der Waals surface area contributed by atoms with Gasteiger partial charge in [0.05, 0.1) is 0 Å². The molecule has 1 aromatic heterocycles. The van der Waals surface area contributed by atoms with Crippen molar-refractivity contribution < 1.29 is 0 Å². The van der Waals surface area contributed by atoms with Gasteiger partial charge in [-0.05, 0) is 51.4 Å². The molecule has 0 amide bonds. The fourth-order valence-electron chi connectivity index (χ4n) is 2.61. The van der Waals surface area contributed by atoms with Crippen LogP contribution in [0, 0.1) is 6.92 Å². The van der Waals surface area contributed by atoms with Crippen LogP contribution in [0.2, 0.25) is 0 Å². The van der Waals surface area contributed by atoms with Crippen molar-refractivity contribution >= 4 is 17.6 Å². The minimum absolute atomic E-state index is 0.324. The van der Waals surface area contributed by atoms with E-state index in [1.165, 1.54) is 17.7 Å². The van der Waals surface area contributed by atoms with Crippen LogP contribution in [-0.4, -0.2) is 35.1 Å². The first-order valence-corrected chi connectivity index (χ1v) is 8.56. The molecule has 1 N–H and O–H groups in total. The zero-order valence-electron chi connectivity index (χ0n) is 13.2. The SMILES string of the molecule is CCCNCc1cc(C)nc(N2CCSC(C)(C)C2)c1. The molecule has 0 aromatic carbocycles. The molecule has 0 aliphatic carbocycles. The summed E-state index contributed by atoms with van der Waals surface area (Å²) in [5, 5.41) is 3.47. The molecular weight excluding hydrogens is 266 g/mol. The standard InChI is InChI=1S/C16H27N3S/c1-5-6-17-11-14-9-13(2)18-15(10-14)19-7-8-20-16(3,4)12-19/h9-10,17H,5-8,11-12H2,1-4H3. The van der Waals surface area contributed by atoms with Crippen LogP contribution in [0.3, 0.4) is 0 Å². The highest BCUT2D eigenvalue weighted by atomic mass is 32.2. The predicted octanol–water partition coefficient (Wildman–Crippen LogP) is 3.22. The molecule has 0 bridgehead atoms. The number of hydrogen-bond acceptors (Lipinski definition) is 4. The molecule has 2 heterocycles. The summed E-state index contributed by atoms with van der Waals surface area (Å²) in [5.74, 6) is 2.33. The lowest BCUT2D eigenvalue weighted by Crippen LogP contribution is -2.43. The number of aryl methyl sites for hydroxylation is 1. The van der Waals surface area contributed by atoms with Gasteiger partial charge in [-0.25, -0.2) is 4.98 Å². The summed E-state index contributed by atoms with van der Waals surface area (Å²) >= 11 is 2.06. The maximum Gasteiger partial charge on any atom is 0.129 e. The second-order valence-electron chi connectivity index (χ2n) is 6.18. The molecule has 0 unspecified atom stereocenters. The van der Waals surface area contributed by atoms with Gasteiger partial charge < -0.3 is 10.2 Å². The second-order valence-corrected chi connectivity index (χ2v) is 7.98. The highest BCUT2D eigenvalue weighted by molar-refractivity contribution is 8.00. The summed E-state index contributed by atoms with van der Waals surface area (Å²) < 4.78 is 0.324. The second kappa shape index (κ2) is 6.81. The molecule has 20 heavy (non-hydrogen) atoms. The lowest BCUT2D eigenvalue weighted by molar-refractivity contribution is 0.639. The number of aromatic nitrogens is 1. The van der Waals surface area contributed by atoms with E-state index in [-0.39, 0.29) is 0 Å². The molecule has 1 aliphatic heterocycles. The van der Waals surface area contributed by atoms with E-state index in [2.05, 4.69) is 61.8 Å². The van der Waals surface area contributed by atoms with Crippen LogP contribution in [0.15, 0.2) is 12.1 Å². The van der Waals surface area contributed by atoms with Gasteiger partial charge in [-0.15, -0.1) is 0 Å². The third-order valence-electron chi connectivity index (χ3n) is 3.51. The minimum atomic E-state index is 0.324. The van der Waals surface area contributed by atoms with Gasteiger partial charge in [0, 0.05) is 35.8 Å². The van der Waals surface area contributed by atoms with E-state index in [0.29, 0.717) is 4.75 Å². The molecule has 4 heteroatoms. The first kappa shape index (κ1) is 15.6.